The van der Waals surface area contributed by atoms with Crippen molar-refractivity contribution in [3.8, 4) is 0 Å². The minimum Gasteiger partial charge on any atom is -0.333 e. The van der Waals surface area contributed by atoms with E-state index in [2.05, 4.69) is 5.73 Å². The van der Waals surface area contributed by atoms with Gasteiger partial charge in [0.2, 0.25) is 0 Å². The highest BCUT2D eigenvalue weighted by Gasteiger charge is 1.98. The number of hydrogen-bond donors (Lipinski definition) is 3. The van der Waals surface area contributed by atoms with E-state index in [1.165, 1.54) is 7.05 Å². The van der Waals surface area contributed by atoms with Gasteiger partial charge >= 0.3 is 0 Å². The summed E-state index contributed by atoms with van der Waals surface area (Å²) < 4.78 is 27.3. The molecule has 0 aromatic rings. The van der Waals surface area contributed by atoms with Gasteiger partial charge in [-0.25, -0.2) is 0 Å². The highest BCUT2D eigenvalue weighted by Crippen LogP contribution is 1.74. The number of nitrogens with two attached hydrogens (primary N) is 2. The molecule has 5 N–H and O–H groups in total. The summed E-state index contributed by atoms with van der Waals surface area (Å²) in [5.74, 6) is -0.354. The Bertz CT molecular complexity index is 130. The highest BCUT2D eigenvalue weighted by molar-refractivity contribution is 7.85. The van der Waals surface area contributed by atoms with Crippen LogP contribution in [-0.4, -0.2) is 32.3 Å². The number of hydrogen-bond acceptors (Lipinski definition) is 4. The van der Waals surface area contributed by atoms with Gasteiger partial charge in [-0.2, -0.15) is 8.42 Å². The van der Waals surface area contributed by atoms with E-state index in [4.69, 9.17) is 10.3 Å². The molecule has 0 aliphatic heterocycles. The molecule has 0 saturated heterocycles. The van der Waals surface area contributed by atoms with Crippen LogP contribution in [0.5, 0.6) is 0 Å². The van der Waals surface area contributed by atoms with E-state index >= 15 is 0 Å². The Morgan fingerprint density at radius 3 is 1.78 bits per heavy atom. The fourth-order valence-electron chi connectivity index (χ4n) is 0.149. The molecule has 0 fully saturated rings. The molecule has 0 aromatic carbocycles. The van der Waals surface area contributed by atoms with Crippen LogP contribution in [0, 0.1) is 0 Å². The molecule has 0 saturated carbocycles. The van der Waals surface area contributed by atoms with Crippen LogP contribution < -0.4 is 11.5 Å². The van der Waals surface area contributed by atoms with Gasteiger partial charge in [0.15, 0.2) is 0 Å². The number of rotatable bonds is 2. The van der Waals surface area contributed by atoms with E-state index in [1.54, 1.807) is 0 Å². The first-order valence-electron chi connectivity index (χ1n) is 2.29. The van der Waals surface area contributed by atoms with Crippen LogP contribution in [-0.2, 0) is 10.1 Å². The summed E-state index contributed by atoms with van der Waals surface area (Å²) in [6.45, 7) is -0.0289. The quantitative estimate of drug-likeness (QED) is 0.418. The SMILES string of the molecule is CN.NCCS(=O)(=O)O. The standard InChI is InChI=1S/C2H7NO3S.CH5N/c3-1-2-7(4,5)6;1-2/h1-3H2,(H,4,5,6);2H2,1H3. The van der Waals surface area contributed by atoms with Crippen LogP contribution >= 0.6 is 0 Å². The van der Waals surface area contributed by atoms with Crippen molar-refractivity contribution < 1.29 is 13.0 Å². The van der Waals surface area contributed by atoms with Crippen LogP contribution in [0.15, 0.2) is 0 Å². The first-order chi connectivity index (χ1) is 4.06. The Morgan fingerprint density at radius 1 is 1.44 bits per heavy atom. The molecule has 0 spiro atoms. The zero-order valence-electron chi connectivity index (χ0n) is 5.24. The fraction of sp³-hybridized carbons (Fsp3) is 1.00. The Hall–Kier alpha value is -0.170. The van der Waals surface area contributed by atoms with Crippen molar-refractivity contribution in [1.29, 1.82) is 0 Å². The Labute approximate surface area is 54.8 Å². The maximum Gasteiger partial charge on any atom is 0.266 e. The molecular formula is C3H12N2O3S. The van der Waals surface area contributed by atoms with Crippen molar-refractivity contribution in [3.63, 3.8) is 0 Å². The van der Waals surface area contributed by atoms with Crippen molar-refractivity contribution in [2.24, 2.45) is 11.5 Å². The van der Waals surface area contributed by atoms with E-state index in [0.29, 0.717) is 0 Å². The molecule has 0 bridgehead atoms. The van der Waals surface area contributed by atoms with E-state index < -0.39 is 10.1 Å². The van der Waals surface area contributed by atoms with Gasteiger partial charge in [-0.1, -0.05) is 0 Å². The first kappa shape index (κ1) is 11.6. The van der Waals surface area contributed by atoms with Crippen molar-refractivity contribution in [2.45, 2.75) is 0 Å². The van der Waals surface area contributed by atoms with Crippen molar-refractivity contribution in [1.82, 2.24) is 0 Å². The molecule has 0 aliphatic rings. The second-order valence-electron chi connectivity index (χ2n) is 1.07. The molecule has 0 heterocycles. The van der Waals surface area contributed by atoms with E-state index in [1.807, 2.05) is 0 Å². The molecule has 0 rings (SSSR count). The largest absolute Gasteiger partial charge is 0.333 e. The molecule has 9 heavy (non-hydrogen) atoms. The Morgan fingerprint density at radius 2 is 1.78 bits per heavy atom. The van der Waals surface area contributed by atoms with Gasteiger partial charge in [0, 0.05) is 6.54 Å². The van der Waals surface area contributed by atoms with Gasteiger partial charge in [0.05, 0.1) is 5.75 Å². The highest BCUT2D eigenvalue weighted by atomic mass is 32.2. The Balaban J connectivity index is 0. The third kappa shape index (κ3) is 18.1. The van der Waals surface area contributed by atoms with Crippen LogP contribution in [0.4, 0.5) is 0 Å². The minimum absolute atomic E-state index is 0.0289. The van der Waals surface area contributed by atoms with Gasteiger partial charge in [0.1, 0.15) is 0 Å². The smallest absolute Gasteiger partial charge is 0.266 e. The van der Waals surface area contributed by atoms with Crippen molar-refractivity contribution >= 4 is 10.1 Å². The van der Waals surface area contributed by atoms with Crippen LogP contribution in [0.2, 0.25) is 0 Å². The summed E-state index contributed by atoms with van der Waals surface area (Å²) >= 11 is 0. The summed E-state index contributed by atoms with van der Waals surface area (Å²) in [6, 6.07) is 0. The molecule has 5 nitrogen and oxygen atoms in total. The van der Waals surface area contributed by atoms with Crippen molar-refractivity contribution in [2.75, 3.05) is 19.3 Å². The van der Waals surface area contributed by atoms with Crippen LogP contribution in [0.25, 0.3) is 0 Å². The minimum atomic E-state index is -3.80. The van der Waals surface area contributed by atoms with Gasteiger partial charge in [-0.3, -0.25) is 4.55 Å². The third-order valence-electron chi connectivity index (χ3n) is 0.376. The lowest BCUT2D eigenvalue weighted by Gasteiger charge is -1.86. The molecule has 0 aliphatic carbocycles. The average Bonchev–Trinajstić information content (AvgIpc) is 1.69. The van der Waals surface area contributed by atoms with Crippen LogP contribution in [0.3, 0.4) is 0 Å². The van der Waals surface area contributed by atoms with Gasteiger partial charge in [0.25, 0.3) is 10.1 Å². The summed E-state index contributed by atoms with van der Waals surface area (Å²) in [5.41, 5.74) is 9.28. The summed E-state index contributed by atoms with van der Waals surface area (Å²) in [7, 11) is -2.30. The maximum atomic E-state index is 9.71. The maximum absolute atomic E-state index is 9.71. The average molecular weight is 156 g/mol. The van der Waals surface area contributed by atoms with Crippen molar-refractivity contribution in [3.05, 3.63) is 0 Å². The van der Waals surface area contributed by atoms with Gasteiger partial charge in [-0.05, 0) is 7.05 Å². The topological polar surface area (TPSA) is 106 Å². The lowest BCUT2D eigenvalue weighted by atomic mass is 10.8. The second-order valence-corrected chi connectivity index (χ2v) is 2.65. The molecule has 0 unspecified atom stereocenters. The van der Waals surface area contributed by atoms with Crippen LogP contribution in [0.1, 0.15) is 0 Å². The van der Waals surface area contributed by atoms with Gasteiger partial charge in [-0.15, -0.1) is 0 Å². The molecule has 0 aromatic heterocycles. The normalized spacial score (nSPS) is 9.78. The van der Waals surface area contributed by atoms with E-state index in [-0.39, 0.29) is 12.3 Å². The zero-order chi connectivity index (χ0) is 7.91. The van der Waals surface area contributed by atoms with E-state index in [9.17, 15) is 8.42 Å². The van der Waals surface area contributed by atoms with Gasteiger partial charge < -0.3 is 11.5 Å². The first-order valence-corrected chi connectivity index (χ1v) is 3.90. The molecule has 0 radical (unpaired) electrons. The second kappa shape index (κ2) is 5.96. The molecule has 0 atom stereocenters. The summed E-state index contributed by atoms with van der Waals surface area (Å²) in [6.07, 6.45) is 0. The molecular weight excluding hydrogens is 144 g/mol. The molecule has 6 heteroatoms. The predicted octanol–water partition coefficient (Wildman–Crippen LogP) is -1.59. The zero-order valence-corrected chi connectivity index (χ0v) is 6.06. The lowest BCUT2D eigenvalue weighted by Crippen LogP contribution is -2.13. The molecule has 58 valence electrons. The third-order valence-corrected chi connectivity index (χ3v) is 1.13. The van der Waals surface area contributed by atoms with E-state index in [0.717, 1.165) is 0 Å². The Kier molecular flexibility index (Phi) is 7.68. The predicted molar refractivity (Wildman–Crippen MR) is 35.6 cm³/mol. The lowest BCUT2D eigenvalue weighted by molar-refractivity contribution is 0.483. The fourth-order valence-corrected chi connectivity index (χ4v) is 0.447. The summed E-state index contributed by atoms with van der Waals surface area (Å²) in [5, 5.41) is 0. The molecule has 0 amide bonds. The monoisotopic (exact) mass is 156 g/mol. The summed E-state index contributed by atoms with van der Waals surface area (Å²) in [4.78, 5) is 0.